The number of likely N-dealkylation sites (tertiary alicyclic amines) is 1. The first-order chi connectivity index (χ1) is 16.7. The lowest BCUT2D eigenvalue weighted by Crippen LogP contribution is -2.39. The average Bonchev–Trinajstić information content (AvgIpc) is 3.19. The van der Waals surface area contributed by atoms with Gasteiger partial charge in [0.05, 0.1) is 6.61 Å². The smallest absolute Gasteiger partial charge is 0.321 e. The predicted molar refractivity (Wildman–Crippen MR) is 134 cm³/mol. The Bertz CT molecular complexity index is 904. The van der Waals surface area contributed by atoms with Crippen molar-refractivity contribution in [2.75, 3.05) is 36.9 Å². The van der Waals surface area contributed by atoms with E-state index in [9.17, 15) is 4.79 Å². The van der Waals surface area contributed by atoms with Crippen LogP contribution in [0, 0.1) is 0 Å². The van der Waals surface area contributed by atoms with Gasteiger partial charge in [-0.2, -0.15) is 4.98 Å². The Morgan fingerprint density at radius 2 is 1.91 bits per heavy atom. The second-order valence-electron chi connectivity index (χ2n) is 9.43. The number of urea groups is 1. The summed E-state index contributed by atoms with van der Waals surface area (Å²) >= 11 is 0. The summed E-state index contributed by atoms with van der Waals surface area (Å²) in [7, 11) is 1.81. The molecule has 9 heteroatoms. The van der Waals surface area contributed by atoms with Crippen LogP contribution in [0.4, 0.5) is 16.7 Å². The van der Waals surface area contributed by atoms with Crippen LogP contribution in [-0.4, -0.2) is 58.0 Å². The summed E-state index contributed by atoms with van der Waals surface area (Å²) in [5.74, 6) is 1.85. The van der Waals surface area contributed by atoms with Gasteiger partial charge in [-0.1, -0.05) is 37.8 Å². The van der Waals surface area contributed by atoms with E-state index in [0.717, 1.165) is 31.6 Å². The maximum atomic E-state index is 12.2. The number of carbonyl (C=O) groups excluding carboxylic acids is 1. The first kappa shape index (κ1) is 24.3. The minimum atomic E-state index is -0.236. The molecule has 0 unspecified atom stereocenters. The van der Waals surface area contributed by atoms with E-state index < -0.39 is 0 Å². The fraction of sp³-hybridized carbons (Fsp3) is 0.640. The number of rotatable bonds is 10. The van der Waals surface area contributed by atoms with Crippen molar-refractivity contribution in [3.05, 3.63) is 29.8 Å². The van der Waals surface area contributed by atoms with Gasteiger partial charge < -0.3 is 15.4 Å². The van der Waals surface area contributed by atoms with E-state index in [2.05, 4.69) is 49.1 Å². The second-order valence-corrected chi connectivity index (χ2v) is 9.43. The number of aromatic nitrogens is 3. The van der Waals surface area contributed by atoms with Gasteiger partial charge in [0.1, 0.15) is 5.75 Å². The van der Waals surface area contributed by atoms with E-state index in [-0.39, 0.29) is 12.1 Å². The number of carbonyl (C=O) groups is 1. The Kier molecular flexibility index (Phi) is 9.01. The number of hydrogen-bond donors (Lipinski definition) is 3. The fourth-order valence-corrected chi connectivity index (χ4v) is 4.73. The molecule has 9 nitrogen and oxygen atoms in total. The van der Waals surface area contributed by atoms with E-state index in [1.54, 1.807) is 4.68 Å². The summed E-state index contributed by atoms with van der Waals surface area (Å²) in [6, 6.07) is 8.44. The maximum absolute atomic E-state index is 12.2. The molecule has 1 saturated heterocycles. The summed E-state index contributed by atoms with van der Waals surface area (Å²) in [5.41, 5.74) is 1.31. The molecule has 1 aliphatic heterocycles. The highest BCUT2D eigenvalue weighted by atomic mass is 16.5. The molecule has 2 amide bonds. The standard InChI is InChI=1S/C25H39N7O2/c1-31-24(28-23(30-31)29-25(33)27-21-11-4-2-5-12-21)26-14-9-17-34-22-13-8-10-20(18-22)19-32-15-6-3-7-16-32/h8,10,13,18,21H,2-7,9,11-12,14-17,19H2,1H3,(H3,26,27,28,29,30,33). The molecule has 0 spiro atoms. The summed E-state index contributed by atoms with van der Waals surface area (Å²) in [6.45, 7) is 4.71. The van der Waals surface area contributed by atoms with Crippen molar-refractivity contribution in [1.29, 1.82) is 0 Å². The van der Waals surface area contributed by atoms with Gasteiger partial charge in [-0.3, -0.25) is 10.2 Å². The first-order valence-electron chi connectivity index (χ1n) is 12.8. The molecule has 1 aromatic carbocycles. The average molecular weight is 470 g/mol. The summed E-state index contributed by atoms with van der Waals surface area (Å²) in [6.07, 6.45) is 10.5. The normalized spacial score (nSPS) is 17.3. The molecule has 2 fully saturated rings. The number of piperidine rings is 1. The highest BCUT2D eigenvalue weighted by Gasteiger charge is 2.17. The topological polar surface area (TPSA) is 96.3 Å². The Balaban J connectivity index is 1.15. The highest BCUT2D eigenvalue weighted by molar-refractivity contribution is 5.87. The third kappa shape index (κ3) is 7.62. The molecule has 2 heterocycles. The molecule has 186 valence electrons. The summed E-state index contributed by atoms with van der Waals surface area (Å²) in [4.78, 5) is 19.1. The number of benzene rings is 1. The van der Waals surface area contributed by atoms with Crippen LogP contribution in [0.5, 0.6) is 5.75 Å². The van der Waals surface area contributed by atoms with Crippen molar-refractivity contribution in [3.8, 4) is 5.75 Å². The van der Waals surface area contributed by atoms with Crippen molar-refractivity contribution >= 4 is 17.9 Å². The minimum absolute atomic E-state index is 0.236. The molecule has 2 aliphatic rings. The maximum Gasteiger partial charge on any atom is 0.321 e. The van der Waals surface area contributed by atoms with Crippen LogP contribution >= 0.6 is 0 Å². The molecule has 3 N–H and O–H groups in total. The Labute approximate surface area is 202 Å². The van der Waals surface area contributed by atoms with Gasteiger partial charge in [-0.15, -0.1) is 5.10 Å². The largest absolute Gasteiger partial charge is 0.494 e. The Morgan fingerprint density at radius 1 is 1.12 bits per heavy atom. The predicted octanol–water partition coefficient (Wildman–Crippen LogP) is 4.14. The number of nitrogens with one attached hydrogen (secondary N) is 3. The Morgan fingerprint density at radius 3 is 2.74 bits per heavy atom. The number of nitrogens with zero attached hydrogens (tertiary/aromatic N) is 4. The van der Waals surface area contributed by atoms with Crippen LogP contribution in [-0.2, 0) is 13.6 Å². The van der Waals surface area contributed by atoms with E-state index in [0.29, 0.717) is 25.0 Å². The van der Waals surface area contributed by atoms with Crippen LogP contribution in [0.25, 0.3) is 0 Å². The number of amides is 2. The molecule has 0 atom stereocenters. The third-order valence-electron chi connectivity index (χ3n) is 6.56. The van der Waals surface area contributed by atoms with Gasteiger partial charge in [-0.25, -0.2) is 9.48 Å². The molecule has 1 aliphatic carbocycles. The van der Waals surface area contributed by atoms with E-state index >= 15 is 0 Å². The monoisotopic (exact) mass is 469 g/mol. The van der Waals surface area contributed by atoms with Crippen LogP contribution < -0.4 is 20.7 Å². The SMILES string of the molecule is Cn1nc(NC(=O)NC2CCCCC2)nc1NCCCOc1cccc(CN2CCCCC2)c1. The van der Waals surface area contributed by atoms with Crippen molar-refractivity contribution in [2.45, 2.75) is 70.4 Å². The zero-order valence-electron chi connectivity index (χ0n) is 20.4. The van der Waals surface area contributed by atoms with Crippen LogP contribution in [0.1, 0.15) is 63.4 Å². The quantitative estimate of drug-likeness (QED) is 0.453. The highest BCUT2D eigenvalue weighted by Crippen LogP contribution is 2.19. The lowest BCUT2D eigenvalue weighted by atomic mass is 9.96. The van der Waals surface area contributed by atoms with Crippen LogP contribution in [0.15, 0.2) is 24.3 Å². The van der Waals surface area contributed by atoms with Gasteiger partial charge in [0, 0.05) is 26.2 Å². The fourth-order valence-electron chi connectivity index (χ4n) is 4.73. The van der Waals surface area contributed by atoms with Gasteiger partial charge in [-0.05, 0) is 62.9 Å². The zero-order valence-corrected chi connectivity index (χ0v) is 20.4. The molecule has 1 saturated carbocycles. The van der Waals surface area contributed by atoms with Crippen molar-refractivity contribution < 1.29 is 9.53 Å². The summed E-state index contributed by atoms with van der Waals surface area (Å²) in [5, 5.41) is 13.3. The zero-order chi connectivity index (χ0) is 23.6. The number of hydrogen-bond acceptors (Lipinski definition) is 6. The van der Waals surface area contributed by atoms with Crippen molar-refractivity contribution in [3.63, 3.8) is 0 Å². The number of anilines is 2. The van der Waals surface area contributed by atoms with E-state index in [1.165, 1.54) is 57.2 Å². The van der Waals surface area contributed by atoms with Crippen LogP contribution in [0.3, 0.4) is 0 Å². The molecular weight excluding hydrogens is 430 g/mol. The molecule has 1 aromatic heterocycles. The molecule has 2 aromatic rings. The lowest BCUT2D eigenvalue weighted by Gasteiger charge is -2.26. The molecule has 34 heavy (non-hydrogen) atoms. The van der Waals surface area contributed by atoms with E-state index in [4.69, 9.17) is 4.74 Å². The first-order valence-corrected chi connectivity index (χ1v) is 12.8. The summed E-state index contributed by atoms with van der Waals surface area (Å²) < 4.78 is 7.61. The second kappa shape index (κ2) is 12.6. The van der Waals surface area contributed by atoms with Gasteiger partial charge in [0.2, 0.25) is 5.95 Å². The minimum Gasteiger partial charge on any atom is -0.494 e. The van der Waals surface area contributed by atoms with Crippen LogP contribution in [0.2, 0.25) is 0 Å². The number of aryl methyl sites for hydroxylation is 1. The molecule has 0 radical (unpaired) electrons. The number of ether oxygens (including phenoxy) is 1. The Hall–Kier alpha value is -2.81. The lowest BCUT2D eigenvalue weighted by molar-refractivity contribution is 0.220. The molecule has 4 rings (SSSR count). The molecule has 0 bridgehead atoms. The van der Waals surface area contributed by atoms with Gasteiger partial charge in [0.25, 0.3) is 5.95 Å². The van der Waals surface area contributed by atoms with Crippen molar-refractivity contribution in [2.24, 2.45) is 7.05 Å². The molecular formula is C25H39N7O2. The third-order valence-corrected chi connectivity index (χ3v) is 6.56. The van der Waals surface area contributed by atoms with Gasteiger partial charge >= 0.3 is 6.03 Å². The van der Waals surface area contributed by atoms with Crippen molar-refractivity contribution in [1.82, 2.24) is 25.0 Å². The van der Waals surface area contributed by atoms with Gasteiger partial charge in [0.15, 0.2) is 0 Å². The van der Waals surface area contributed by atoms with E-state index in [1.807, 2.05) is 13.1 Å².